The Hall–Kier alpha value is -1.56. The molecule has 2 aromatic carbocycles. The molecule has 0 nitrogen and oxygen atoms in total. The SMILES string of the molecule is [CH2]c1ccc(C)c(-c2ccccc2)c1C. The zero-order valence-electron chi connectivity index (χ0n) is 9.25. The lowest BCUT2D eigenvalue weighted by molar-refractivity contribution is 1.35. The standard InChI is InChI=1S/C15H15/c1-11-9-10-12(2)15(13(11)3)14-7-5-4-6-8-14/h4-10H,1H2,2-3H3. The minimum absolute atomic E-state index is 1.11. The van der Waals surface area contributed by atoms with Gasteiger partial charge >= 0.3 is 0 Å². The van der Waals surface area contributed by atoms with E-state index in [9.17, 15) is 0 Å². The normalized spacial score (nSPS) is 10.3. The lowest BCUT2D eigenvalue weighted by Gasteiger charge is -2.12. The predicted molar refractivity (Wildman–Crippen MR) is 65.8 cm³/mol. The van der Waals surface area contributed by atoms with Crippen LogP contribution >= 0.6 is 0 Å². The molecule has 0 bridgehead atoms. The molecule has 0 saturated carbocycles. The first-order chi connectivity index (χ1) is 7.20. The van der Waals surface area contributed by atoms with Gasteiger partial charge in [0.2, 0.25) is 0 Å². The smallest absolute Gasteiger partial charge is 0.0123 e. The molecule has 0 aromatic heterocycles. The van der Waals surface area contributed by atoms with Crippen molar-refractivity contribution >= 4 is 0 Å². The lowest BCUT2D eigenvalue weighted by atomic mass is 9.93. The summed E-state index contributed by atoms with van der Waals surface area (Å²) in [6.07, 6.45) is 0. The summed E-state index contributed by atoms with van der Waals surface area (Å²) < 4.78 is 0. The van der Waals surface area contributed by atoms with E-state index in [4.69, 9.17) is 0 Å². The van der Waals surface area contributed by atoms with Crippen LogP contribution in [0.15, 0.2) is 42.5 Å². The summed E-state index contributed by atoms with van der Waals surface area (Å²) >= 11 is 0. The Kier molecular flexibility index (Phi) is 2.59. The number of benzene rings is 2. The Balaban J connectivity index is 2.68. The van der Waals surface area contributed by atoms with E-state index >= 15 is 0 Å². The van der Waals surface area contributed by atoms with Crippen molar-refractivity contribution in [3.05, 3.63) is 66.1 Å². The first-order valence-electron chi connectivity index (χ1n) is 5.17. The fourth-order valence-electron chi connectivity index (χ4n) is 1.94. The highest BCUT2D eigenvalue weighted by Crippen LogP contribution is 2.28. The van der Waals surface area contributed by atoms with Crippen molar-refractivity contribution in [3.8, 4) is 11.1 Å². The molecule has 0 saturated heterocycles. The van der Waals surface area contributed by atoms with Gasteiger partial charge in [-0.2, -0.15) is 0 Å². The van der Waals surface area contributed by atoms with Crippen LogP contribution in [0.5, 0.6) is 0 Å². The predicted octanol–water partition coefficient (Wildman–Crippen LogP) is 4.15. The van der Waals surface area contributed by atoms with Crippen molar-refractivity contribution < 1.29 is 0 Å². The molecule has 15 heavy (non-hydrogen) atoms. The molecule has 0 spiro atoms. The third-order valence-corrected chi connectivity index (χ3v) is 2.85. The van der Waals surface area contributed by atoms with Crippen molar-refractivity contribution in [1.82, 2.24) is 0 Å². The second-order valence-corrected chi connectivity index (χ2v) is 3.91. The van der Waals surface area contributed by atoms with Crippen LogP contribution in [-0.4, -0.2) is 0 Å². The molecule has 0 aliphatic heterocycles. The minimum atomic E-state index is 1.11. The summed E-state index contributed by atoms with van der Waals surface area (Å²) in [5.41, 5.74) is 6.30. The van der Waals surface area contributed by atoms with Gasteiger partial charge in [0.25, 0.3) is 0 Å². The second kappa shape index (κ2) is 3.90. The fraction of sp³-hybridized carbons (Fsp3) is 0.133. The molecule has 2 aromatic rings. The van der Waals surface area contributed by atoms with Crippen molar-refractivity contribution in [1.29, 1.82) is 0 Å². The van der Waals surface area contributed by atoms with Gasteiger partial charge in [0.1, 0.15) is 0 Å². The van der Waals surface area contributed by atoms with Crippen molar-refractivity contribution in [2.24, 2.45) is 0 Å². The van der Waals surface area contributed by atoms with Gasteiger partial charge in [-0.15, -0.1) is 0 Å². The second-order valence-electron chi connectivity index (χ2n) is 3.91. The van der Waals surface area contributed by atoms with E-state index in [1.54, 1.807) is 0 Å². The Labute approximate surface area is 91.6 Å². The molecule has 1 radical (unpaired) electrons. The molecule has 0 heteroatoms. The summed E-state index contributed by atoms with van der Waals surface area (Å²) in [5.74, 6) is 0. The van der Waals surface area contributed by atoms with E-state index in [0.29, 0.717) is 0 Å². The Morgan fingerprint density at radius 3 is 2.20 bits per heavy atom. The molecular weight excluding hydrogens is 180 g/mol. The van der Waals surface area contributed by atoms with Gasteiger partial charge in [0, 0.05) is 0 Å². The lowest BCUT2D eigenvalue weighted by Crippen LogP contribution is -1.90. The average molecular weight is 195 g/mol. The van der Waals surface area contributed by atoms with Crippen molar-refractivity contribution in [2.45, 2.75) is 13.8 Å². The van der Waals surface area contributed by atoms with E-state index in [0.717, 1.165) is 5.56 Å². The average Bonchev–Trinajstić information content (AvgIpc) is 2.26. The molecule has 0 heterocycles. The summed E-state index contributed by atoms with van der Waals surface area (Å²) in [6, 6.07) is 14.7. The molecule has 0 aliphatic carbocycles. The van der Waals surface area contributed by atoms with Gasteiger partial charge in [-0.1, -0.05) is 42.5 Å². The van der Waals surface area contributed by atoms with Crippen LogP contribution in [0.1, 0.15) is 16.7 Å². The minimum Gasteiger partial charge on any atom is -0.0622 e. The van der Waals surface area contributed by atoms with Crippen LogP contribution < -0.4 is 0 Å². The van der Waals surface area contributed by atoms with E-state index in [-0.39, 0.29) is 0 Å². The molecular formula is C15H15. The summed E-state index contributed by atoms with van der Waals surface area (Å²) in [7, 11) is 0. The maximum Gasteiger partial charge on any atom is -0.0123 e. The number of rotatable bonds is 1. The highest BCUT2D eigenvalue weighted by molar-refractivity contribution is 5.72. The number of hydrogen-bond donors (Lipinski definition) is 0. The van der Waals surface area contributed by atoms with Gasteiger partial charge in [0.15, 0.2) is 0 Å². The largest absolute Gasteiger partial charge is 0.0622 e. The van der Waals surface area contributed by atoms with Gasteiger partial charge in [-0.3, -0.25) is 0 Å². The van der Waals surface area contributed by atoms with E-state index in [2.05, 4.69) is 57.2 Å². The van der Waals surface area contributed by atoms with Crippen molar-refractivity contribution in [2.75, 3.05) is 0 Å². The van der Waals surface area contributed by atoms with Gasteiger partial charge in [-0.05, 0) is 48.6 Å². The van der Waals surface area contributed by atoms with Crippen molar-refractivity contribution in [3.63, 3.8) is 0 Å². The summed E-state index contributed by atoms with van der Waals surface area (Å²) in [4.78, 5) is 0. The van der Waals surface area contributed by atoms with Crippen LogP contribution in [0.3, 0.4) is 0 Å². The highest BCUT2D eigenvalue weighted by Gasteiger charge is 2.06. The maximum atomic E-state index is 4.05. The van der Waals surface area contributed by atoms with Crippen LogP contribution in [0, 0.1) is 20.8 Å². The molecule has 0 amide bonds. The first kappa shape index (κ1) is 9.97. The zero-order valence-corrected chi connectivity index (χ0v) is 9.25. The molecule has 0 unspecified atom stereocenters. The van der Waals surface area contributed by atoms with E-state index < -0.39 is 0 Å². The van der Waals surface area contributed by atoms with Crippen LogP contribution in [0.25, 0.3) is 11.1 Å². The van der Waals surface area contributed by atoms with Gasteiger partial charge in [-0.25, -0.2) is 0 Å². The monoisotopic (exact) mass is 195 g/mol. The zero-order chi connectivity index (χ0) is 10.8. The van der Waals surface area contributed by atoms with Crippen LogP contribution in [-0.2, 0) is 0 Å². The molecule has 0 atom stereocenters. The van der Waals surface area contributed by atoms with Crippen LogP contribution in [0.2, 0.25) is 0 Å². The summed E-state index contributed by atoms with van der Waals surface area (Å²) in [6.45, 7) is 8.33. The Morgan fingerprint density at radius 1 is 0.867 bits per heavy atom. The molecule has 2 rings (SSSR count). The van der Waals surface area contributed by atoms with E-state index in [1.165, 1.54) is 22.3 Å². The quantitative estimate of drug-likeness (QED) is 0.641. The fourth-order valence-corrected chi connectivity index (χ4v) is 1.94. The molecule has 0 fully saturated rings. The third-order valence-electron chi connectivity index (χ3n) is 2.85. The summed E-state index contributed by atoms with van der Waals surface area (Å²) in [5, 5.41) is 0. The number of hydrogen-bond acceptors (Lipinski definition) is 0. The van der Waals surface area contributed by atoms with Gasteiger partial charge in [0.05, 0.1) is 0 Å². The van der Waals surface area contributed by atoms with Gasteiger partial charge < -0.3 is 0 Å². The maximum absolute atomic E-state index is 4.05. The Bertz CT molecular complexity index is 467. The van der Waals surface area contributed by atoms with Crippen LogP contribution in [0.4, 0.5) is 0 Å². The van der Waals surface area contributed by atoms with E-state index in [1.807, 2.05) is 6.07 Å². The topological polar surface area (TPSA) is 0 Å². The Morgan fingerprint density at radius 2 is 1.53 bits per heavy atom. The first-order valence-corrected chi connectivity index (χ1v) is 5.17. The molecule has 0 N–H and O–H groups in total. The highest BCUT2D eigenvalue weighted by atomic mass is 14.1. The molecule has 0 aliphatic rings. The third kappa shape index (κ3) is 1.80. The number of aryl methyl sites for hydroxylation is 1. The molecule has 75 valence electrons.